The zero-order valence-corrected chi connectivity index (χ0v) is 9.41. The Labute approximate surface area is 101 Å². The third kappa shape index (κ3) is 2.22. The van der Waals surface area contributed by atoms with Crippen molar-refractivity contribution >= 4 is 29.1 Å². The first-order valence-corrected chi connectivity index (χ1v) is 5.00. The van der Waals surface area contributed by atoms with E-state index < -0.39 is 11.9 Å². The molecule has 1 heterocycles. The predicted molar refractivity (Wildman–Crippen MR) is 62.0 cm³/mol. The first-order chi connectivity index (χ1) is 8.61. The van der Waals surface area contributed by atoms with Crippen molar-refractivity contribution < 1.29 is 23.8 Å². The number of rotatable bonds is 3. The molecule has 0 spiro atoms. The lowest BCUT2D eigenvalue weighted by atomic mass is 10.2. The van der Waals surface area contributed by atoms with E-state index >= 15 is 0 Å². The summed E-state index contributed by atoms with van der Waals surface area (Å²) in [6.45, 7) is 0. The molecule has 0 aliphatic carbocycles. The third-order valence-corrected chi connectivity index (χ3v) is 2.21. The average molecular weight is 247 g/mol. The fraction of sp³-hybridized carbons (Fsp3) is 0.0833. The second-order valence-electron chi connectivity index (χ2n) is 3.37. The zero-order valence-electron chi connectivity index (χ0n) is 9.41. The van der Waals surface area contributed by atoms with Crippen molar-refractivity contribution in [3.63, 3.8) is 0 Å². The van der Waals surface area contributed by atoms with E-state index in [2.05, 4.69) is 9.72 Å². The number of esters is 1. The first kappa shape index (κ1) is 11.8. The summed E-state index contributed by atoms with van der Waals surface area (Å²) in [6, 6.07) is 4.84. The van der Waals surface area contributed by atoms with Crippen LogP contribution in [-0.4, -0.2) is 29.1 Å². The summed E-state index contributed by atoms with van der Waals surface area (Å²) in [5.41, 5.74) is 0.981. The number of oxazole rings is 1. The molecule has 18 heavy (non-hydrogen) atoms. The number of aromatic nitrogens is 1. The van der Waals surface area contributed by atoms with Gasteiger partial charge in [-0.15, -0.1) is 0 Å². The van der Waals surface area contributed by atoms with Crippen LogP contribution in [0.5, 0.6) is 0 Å². The Morgan fingerprint density at radius 1 is 1.44 bits per heavy atom. The molecule has 0 fully saturated rings. The van der Waals surface area contributed by atoms with Crippen LogP contribution in [-0.2, 0) is 9.53 Å². The van der Waals surface area contributed by atoms with Crippen LogP contribution in [0.1, 0.15) is 16.2 Å². The van der Waals surface area contributed by atoms with Crippen LogP contribution in [0.2, 0.25) is 0 Å². The van der Waals surface area contributed by atoms with Gasteiger partial charge in [-0.3, -0.25) is 0 Å². The van der Waals surface area contributed by atoms with E-state index in [-0.39, 0.29) is 17.0 Å². The highest BCUT2D eigenvalue weighted by atomic mass is 16.5. The lowest BCUT2D eigenvalue weighted by molar-refractivity contribution is -0.131. The molecule has 2 rings (SSSR count). The molecule has 0 aliphatic heterocycles. The minimum absolute atomic E-state index is 0.115. The molecule has 0 saturated carbocycles. The number of hydrogen-bond donors (Lipinski definition) is 1. The van der Waals surface area contributed by atoms with Gasteiger partial charge in [0, 0.05) is 12.2 Å². The van der Waals surface area contributed by atoms with Crippen LogP contribution in [0.25, 0.3) is 17.2 Å². The summed E-state index contributed by atoms with van der Waals surface area (Å²) in [5, 5.41) is 8.50. The monoisotopic (exact) mass is 247 g/mol. The van der Waals surface area contributed by atoms with Crippen LogP contribution in [0.15, 0.2) is 28.7 Å². The van der Waals surface area contributed by atoms with E-state index in [0.29, 0.717) is 5.52 Å². The molecule has 6 heteroatoms. The quantitative estimate of drug-likeness (QED) is 0.656. The number of fused-ring (bicyclic) bond motifs is 1. The Morgan fingerprint density at radius 2 is 2.22 bits per heavy atom. The molecule has 1 aromatic carbocycles. The van der Waals surface area contributed by atoms with Crippen molar-refractivity contribution in [2.45, 2.75) is 0 Å². The number of ether oxygens (including phenoxy) is 1. The van der Waals surface area contributed by atoms with Gasteiger partial charge in [0.05, 0.1) is 7.11 Å². The van der Waals surface area contributed by atoms with Crippen molar-refractivity contribution in [2.75, 3.05) is 7.11 Å². The van der Waals surface area contributed by atoms with Gasteiger partial charge in [0.15, 0.2) is 5.58 Å². The first-order valence-electron chi connectivity index (χ1n) is 5.00. The lowest BCUT2D eigenvalue weighted by Gasteiger charge is -1.97. The minimum atomic E-state index is -1.11. The summed E-state index contributed by atoms with van der Waals surface area (Å²) >= 11 is 0. The third-order valence-electron chi connectivity index (χ3n) is 2.21. The van der Waals surface area contributed by atoms with Crippen LogP contribution < -0.4 is 0 Å². The predicted octanol–water partition coefficient (Wildman–Crippen LogP) is 1.71. The molecule has 1 aromatic heterocycles. The summed E-state index contributed by atoms with van der Waals surface area (Å²) in [4.78, 5) is 25.9. The maximum Gasteiger partial charge on any atom is 0.341 e. The van der Waals surface area contributed by atoms with Gasteiger partial charge in [-0.05, 0) is 12.1 Å². The van der Waals surface area contributed by atoms with Gasteiger partial charge in [0.2, 0.25) is 5.89 Å². The molecule has 0 amide bonds. The fourth-order valence-electron chi connectivity index (χ4n) is 1.45. The van der Waals surface area contributed by atoms with E-state index in [9.17, 15) is 9.59 Å². The van der Waals surface area contributed by atoms with Crippen LogP contribution >= 0.6 is 0 Å². The van der Waals surface area contributed by atoms with E-state index in [0.717, 1.165) is 6.08 Å². The standard InChI is InChI=1S/C12H9NO5/c1-17-12(16)7-3-2-4-8-11(7)18-9(13-8)5-6-10(14)15/h2-6H,1H3,(H,14,15)/b6-5+. The number of carboxylic acids is 1. The highest BCUT2D eigenvalue weighted by Gasteiger charge is 2.14. The molecule has 1 N–H and O–H groups in total. The van der Waals surface area contributed by atoms with Crippen molar-refractivity contribution in [3.8, 4) is 0 Å². The number of hydrogen-bond acceptors (Lipinski definition) is 5. The molecule has 0 aliphatic rings. The van der Waals surface area contributed by atoms with Gasteiger partial charge in [0.25, 0.3) is 0 Å². The molecule has 0 atom stereocenters. The topological polar surface area (TPSA) is 89.6 Å². The Hall–Kier alpha value is -2.63. The van der Waals surface area contributed by atoms with E-state index in [1.807, 2.05) is 0 Å². The summed E-state index contributed by atoms with van der Waals surface area (Å²) in [6.07, 6.45) is 2.12. The van der Waals surface area contributed by atoms with E-state index in [1.165, 1.54) is 13.2 Å². The zero-order chi connectivity index (χ0) is 13.1. The largest absolute Gasteiger partial charge is 0.478 e. The van der Waals surface area contributed by atoms with Crippen LogP contribution in [0, 0.1) is 0 Å². The Bertz CT molecular complexity index is 641. The number of methoxy groups -OCH3 is 1. The summed E-state index contributed by atoms with van der Waals surface area (Å²) < 4.78 is 9.92. The van der Waals surface area contributed by atoms with Gasteiger partial charge >= 0.3 is 11.9 Å². The summed E-state index contributed by atoms with van der Waals surface area (Å²) in [5.74, 6) is -1.53. The minimum Gasteiger partial charge on any atom is -0.478 e. The summed E-state index contributed by atoms with van der Waals surface area (Å²) in [7, 11) is 1.27. The van der Waals surface area contributed by atoms with Crippen LogP contribution in [0.4, 0.5) is 0 Å². The molecule has 6 nitrogen and oxygen atoms in total. The molecule has 2 aromatic rings. The molecule has 92 valence electrons. The number of carbonyl (C=O) groups excluding carboxylic acids is 1. The van der Waals surface area contributed by atoms with Gasteiger partial charge in [-0.2, -0.15) is 0 Å². The van der Waals surface area contributed by atoms with Gasteiger partial charge in [0.1, 0.15) is 11.1 Å². The number of nitrogens with zero attached hydrogens (tertiary/aromatic N) is 1. The van der Waals surface area contributed by atoms with Gasteiger partial charge < -0.3 is 14.3 Å². The lowest BCUT2D eigenvalue weighted by Crippen LogP contribution is -2.00. The Morgan fingerprint density at radius 3 is 2.89 bits per heavy atom. The fourth-order valence-corrected chi connectivity index (χ4v) is 1.45. The number of para-hydroxylation sites is 1. The average Bonchev–Trinajstić information content (AvgIpc) is 2.77. The second kappa shape index (κ2) is 4.70. The van der Waals surface area contributed by atoms with Crippen molar-refractivity contribution in [3.05, 3.63) is 35.7 Å². The molecular formula is C12H9NO5. The Kier molecular flexibility index (Phi) is 3.09. The van der Waals surface area contributed by atoms with E-state index in [4.69, 9.17) is 9.52 Å². The SMILES string of the molecule is COC(=O)c1cccc2nc(/C=C/C(=O)O)oc12. The number of carboxylic acid groups (broad SMARTS) is 1. The van der Waals surface area contributed by atoms with Gasteiger partial charge in [-0.1, -0.05) is 6.07 Å². The van der Waals surface area contributed by atoms with E-state index in [1.54, 1.807) is 18.2 Å². The molecule has 0 saturated heterocycles. The van der Waals surface area contributed by atoms with Crippen molar-refractivity contribution in [1.82, 2.24) is 4.98 Å². The second-order valence-corrected chi connectivity index (χ2v) is 3.37. The Balaban J connectivity index is 2.51. The number of carbonyl (C=O) groups is 2. The van der Waals surface area contributed by atoms with Crippen molar-refractivity contribution in [2.24, 2.45) is 0 Å². The molecule has 0 bridgehead atoms. The number of benzene rings is 1. The molecule has 0 radical (unpaired) electrons. The highest BCUT2D eigenvalue weighted by molar-refractivity contribution is 6.01. The maximum atomic E-state index is 11.5. The normalized spacial score (nSPS) is 10.9. The van der Waals surface area contributed by atoms with Crippen molar-refractivity contribution in [1.29, 1.82) is 0 Å². The molecular weight excluding hydrogens is 238 g/mol. The molecule has 0 unspecified atom stereocenters. The van der Waals surface area contributed by atoms with Gasteiger partial charge in [-0.25, -0.2) is 14.6 Å². The highest BCUT2D eigenvalue weighted by Crippen LogP contribution is 2.21. The maximum absolute atomic E-state index is 11.5. The smallest absolute Gasteiger partial charge is 0.341 e. The number of aliphatic carboxylic acids is 1. The van der Waals surface area contributed by atoms with Crippen LogP contribution in [0.3, 0.4) is 0 Å².